The fourth-order valence-electron chi connectivity index (χ4n) is 1.83. The SMILES string of the molecule is O=C(NCC1CCCNC1)C1CC1. The quantitative estimate of drug-likeness (QED) is 0.668. The van der Waals surface area contributed by atoms with E-state index in [1.54, 1.807) is 0 Å². The summed E-state index contributed by atoms with van der Waals surface area (Å²) in [5.74, 6) is 1.30. The zero-order valence-electron chi connectivity index (χ0n) is 8.01. The molecule has 1 aliphatic carbocycles. The monoisotopic (exact) mass is 182 g/mol. The molecule has 0 radical (unpaired) electrons. The van der Waals surface area contributed by atoms with Crippen LogP contribution in [0.2, 0.25) is 0 Å². The Morgan fingerprint density at radius 2 is 2.23 bits per heavy atom. The molecule has 2 N–H and O–H groups in total. The number of hydrogen-bond donors (Lipinski definition) is 2. The van der Waals surface area contributed by atoms with Gasteiger partial charge in [-0.25, -0.2) is 0 Å². The lowest BCUT2D eigenvalue weighted by Crippen LogP contribution is -2.38. The largest absolute Gasteiger partial charge is 0.356 e. The summed E-state index contributed by atoms with van der Waals surface area (Å²) in [4.78, 5) is 11.3. The van der Waals surface area contributed by atoms with Gasteiger partial charge < -0.3 is 10.6 Å². The third-order valence-corrected chi connectivity index (χ3v) is 2.91. The molecule has 1 aliphatic heterocycles. The molecule has 1 saturated heterocycles. The van der Waals surface area contributed by atoms with Crippen LogP contribution in [0.15, 0.2) is 0 Å². The van der Waals surface area contributed by atoms with Gasteiger partial charge in [0.25, 0.3) is 0 Å². The highest BCUT2D eigenvalue weighted by atomic mass is 16.2. The van der Waals surface area contributed by atoms with E-state index in [2.05, 4.69) is 10.6 Å². The molecule has 0 aromatic heterocycles. The molecule has 13 heavy (non-hydrogen) atoms. The van der Waals surface area contributed by atoms with E-state index in [9.17, 15) is 4.79 Å². The Balaban J connectivity index is 1.62. The summed E-state index contributed by atoms with van der Waals surface area (Å²) in [5, 5.41) is 6.39. The lowest BCUT2D eigenvalue weighted by molar-refractivity contribution is -0.122. The third kappa shape index (κ3) is 2.69. The van der Waals surface area contributed by atoms with Crippen molar-refractivity contribution in [3.63, 3.8) is 0 Å². The number of amides is 1. The third-order valence-electron chi connectivity index (χ3n) is 2.91. The van der Waals surface area contributed by atoms with E-state index in [-0.39, 0.29) is 5.91 Å². The van der Waals surface area contributed by atoms with Crippen LogP contribution in [0.3, 0.4) is 0 Å². The van der Waals surface area contributed by atoms with Gasteiger partial charge >= 0.3 is 0 Å². The number of nitrogens with one attached hydrogen (secondary N) is 2. The van der Waals surface area contributed by atoms with Crippen LogP contribution >= 0.6 is 0 Å². The topological polar surface area (TPSA) is 41.1 Å². The fourth-order valence-corrected chi connectivity index (χ4v) is 1.83. The smallest absolute Gasteiger partial charge is 0.223 e. The van der Waals surface area contributed by atoms with Crippen LogP contribution in [0.4, 0.5) is 0 Å². The van der Waals surface area contributed by atoms with E-state index >= 15 is 0 Å². The molecule has 1 saturated carbocycles. The van der Waals surface area contributed by atoms with Crippen molar-refractivity contribution in [2.75, 3.05) is 19.6 Å². The summed E-state index contributed by atoms with van der Waals surface area (Å²) in [6, 6.07) is 0. The molecule has 1 heterocycles. The first-order valence-electron chi connectivity index (χ1n) is 5.34. The van der Waals surface area contributed by atoms with Gasteiger partial charge in [-0.05, 0) is 44.7 Å². The van der Waals surface area contributed by atoms with Gasteiger partial charge in [0.05, 0.1) is 0 Å². The molecule has 74 valence electrons. The molecular formula is C10H18N2O. The van der Waals surface area contributed by atoms with E-state index in [0.29, 0.717) is 11.8 Å². The zero-order chi connectivity index (χ0) is 9.10. The summed E-state index contributed by atoms with van der Waals surface area (Å²) in [7, 11) is 0. The minimum absolute atomic E-state index is 0.283. The number of carbonyl (C=O) groups excluding carboxylic acids is 1. The maximum atomic E-state index is 11.3. The van der Waals surface area contributed by atoms with Gasteiger partial charge in [-0.2, -0.15) is 0 Å². The average Bonchev–Trinajstić information content (AvgIpc) is 2.99. The minimum Gasteiger partial charge on any atom is -0.356 e. The van der Waals surface area contributed by atoms with Crippen LogP contribution in [-0.4, -0.2) is 25.5 Å². The molecule has 0 spiro atoms. The molecule has 2 aliphatic rings. The molecule has 0 bridgehead atoms. The summed E-state index contributed by atoms with van der Waals surface area (Å²) in [5.41, 5.74) is 0. The molecule has 3 heteroatoms. The van der Waals surface area contributed by atoms with Crippen molar-refractivity contribution in [3.8, 4) is 0 Å². The first kappa shape index (κ1) is 9.00. The Labute approximate surface area is 79.3 Å². The molecule has 1 atom stereocenters. The van der Waals surface area contributed by atoms with Gasteiger partial charge in [0.1, 0.15) is 0 Å². The van der Waals surface area contributed by atoms with Crippen LogP contribution < -0.4 is 10.6 Å². The van der Waals surface area contributed by atoms with E-state index in [1.165, 1.54) is 12.8 Å². The molecule has 3 nitrogen and oxygen atoms in total. The lowest BCUT2D eigenvalue weighted by atomic mass is 10.00. The Bertz CT molecular complexity index is 183. The molecule has 0 aromatic carbocycles. The van der Waals surface area contributed by atoms with Crippen LogP contribution in [0.1, 0.15) is 25.7 Å². The maximum absolute atomic E-state index is 11.3. The van der Waals surface area contributed by atoms with Gasteiger partial charge in [0.15, 0.2) is 0 Å². The molecule has 1 unspecified atom stereocenters. The van der Waals surface area contributed by atoms with Crippen molar-refractivity contribution >= 4 is 5.91 Å². The van der Waals surface area contributed by atoms with Gasteiger partial charge in [-0.3, -0.25) is 4.79 Å². The molecular weight excluding hydrogens is 164 g/mol. The second kappa shape index (κ2) is 4.09. The van der Waals surface area contributed by atoms with Crippen LogP contribution in [-0.2, 0) is 4.79 Å². The summed E-state index contributed by atoms with van der Waals surface area (Å²) in [6.07, 6.45) is 4.73. The van der Waals surface area contributed by atoms with Crippen molar-refractivity contribution in [2.45, 2.75) is 25.7 Å². The highest BCUT2D eigenvalue weighted by Crippen LogP contribution is 2.28. The highest BCUT2D eigenvalue weighted by Gasteiger charge is 2.29. The number of carbonyl (C=O) groups is 1. The van der Waals surface area contributed by atoms with E-state index in [0.717, 1.165) is 32.5 Å². The Morgan fingerprint density at radius 3 is 2.85 bits per heavy atom. The predicted molar refractivity (Wildman–Crippen MR) is 51.3 cm³/mol. The predicted octanol–water partition coefficient (Wildman–Crippen LogP) is 0.512. The first-order valence-corrected chi connectivity index (χ1v) is 5.34. The fraction of sp³-hybridized carbons (Fsp3) is 0.900. The molecule has 2 rings (SSSR count). The van der Waals surface area contributed by atoms with E-state index in [1.807, 2.05) is 0 Å². The average molecular weight is 182 g/mol. The second-order valence-electron chi connectivity index (χ2n) is 4.23. The van der Waals surface area contributed by atoms with Crippen LogP contribution in [0.5, 0.6) is 0 Å². The highest BCUT2D eigenvalue weighted by molar-refractivity contribution is 5.80. The van der Waals surface area contributed by atoms with Crippen LogP contribution in [0.25, 0.3) is 0 Å². The number of piperidine rings is 1. The standard InChI is InChI=1S/C10H18N2O/c13-10(9-3-4-9)12-7-8-2-1-5-11-6-8/h8-9,11H,1-7H2,(H,12,13). The minimum atomic E-state index is 0.283. The van der Waals surface area contributed by atoms with E-state index in [4.69, 9.17) is 0 Å². The Kier molecular flexibility index (Phi) is 2.83. The second-order valence-corrected chi connectivity index (χ2v) is 4.23. The van der Waals surface area contributed by atoms with Crippen molar-refractivity contribution in [1.82, 2.24) is 10.6 Å². The summed E-state index contributed by atoms with van der Waals surface area (Å²) >= 11 is 0. The van der Waals surface area contributed by atoms with Gasteiger partial charge in [-0.1, -0.05) is 0 Å². The molecule has 2 fully saturated rings. The summed E-state index contributed by atoms with van der Waals surface area (Å²) in [6.45, 7) is 3.10. The number of rotatable bonds is 3. The molecule has 0 aromatic rings. The summed E-state index contributed by atoms with van der Waals surface area (Å²) < 4.78 is 0. The van der Waals surface area contributed by atoms with Crippen molar-refractivity contribution < 1.29 is 4.79 Å². The van der Waals surface area contributed by atoms with Gasteiger partial charge in [0, 0.05) is 12.5 Å². The van der Waals surface area contributed by atoms with Gasteiger partial charge in [-0.15, -0.1) is 0 Å². The Hall–Kier alpha value is -0.570. The lowest BCUT2D eigenvalue weighted by Gasteiger charge is -2.22. The first-order chi connectivity index (χ1) is 6.36. The zero-order valence-corrected chi connectivity index (χ0v) is 8.01. The van der Waals surface area contributed by atoms with Crippen molar-refractivity contribution in [1.29, 1.82) is 0 Å². The maximum Gasteiger partial charge on any atom is 0.223 e. The van der Waals surface area contributed by atoms with Crippen molar-refractivity contribution in [2.24, 2.45) is 11.8 Å². The Morgan fingerprint density at radius 1 is 1.38 bits per heavy atom. The number of hydrogen-bond acceptors (Lipinski definition) is 2. The van der Waals surface area contributed by atoms with Gasteiger partial charge in [0.2, 0.25) is 5.91 Å². The van der Waals surface area contributed by atoms with Crippen LogP contribution in [0, 0.1) is 11.8 Å². The van der Waals surface area contributed by atoms with E-state index < -0.39 is 0 Å². The molecule has 1 amide bonds. The van der Waals surface area contributed by atoms with Crippen molar-refractivity contribution in [3.05, 3.63) is 0 Å². The normalized spacial score (nSPS) is 28.5.